The Hall–Kier alpha value is -3.01. The van der Waals surface area contributed by atoms with Crippen LogP contribution < -0.4 is 0 Å². The van der Waals surface area contributed by atoms with Crippen LogP contribution in [0.3, 0.4) is 0 Å². The highest BCUT2D eigenvalue weighted by molar-refractivity contribution is 7.89. The molecule has 2 saturated heterocycles. The molecule has 6 rings (SSSR count). The van der Waals surface area contributed by atoms with Crippen molar-refractivity contribution in [1.29, 1.82) is 0 Å². The highest BCUT2D eigenvalue weighted by Gasteiger charge is 2.47. The lowest BCUT2D eigenvalue weighted by Gasteiger charge is -2.46. The number of fused-ring (bicyclic) bond motifs is 1. The number of ether oxygens (including phenoxy) is 1. The van der Waals surface area contributed by atoms with E-state index in [1.165, 1.54) is 10.5 Å². The van der Waals surface area contributed by atoms with E-state index in [1.807, 2.05) is 49.1 Å². The van der Waals surface area contributed by atoms with Crippen molar-refractivity contribution in [3.63, 3.8) is 0 Å². The summed E-state index contributed by atoms with van der Waals surface area (Å²) in [5.41, 5.74) is 2.13. The molecule has 1 aliphatic carbocycles. The van der Waals surface area contributed by atoms with Crippen LogP contribution in [-0.2, 0) is 19.6 Å². The van der Waals surface area contributed by atoms with Gasteiger partial charge in [0.15, 0.2) is 0 Å². The van der Waals surface area contributed by atoms with Crippen LogP contribution in [0.4, 0.5) is 0 Å². The zero-order valence-corrected chi connectivity index (χ0v) is 22.1. The molecule has 9 heteroatoms. The normalized spacial score (nSPS) is 20.1. The molecule has 3 aromatic rings. The molecule has 2 aromatic carbocycles. The van der Waals surface area contributed by atoms with Gasteiger partial charge in [0.2, 0.25) is 15.9 Å². The predicted octanol–water partition coefficient (Wildman–Crippen LogP) is 4.18. The van der Waals surface area contributed by atoms with Crippen LogP contribution in [0.1, 0.15) is 39.5 Å². The van der Waals surface area contributed by atoms with Gasteiger partial charge in [-0.3, -0.25) is 9.78 Å². The minimum absolute atomic E-state index is 0.0496. The number of nitrogens with zero attached hydrogens (tertiary/aromatic N) is 3. The summed E-state index contributed by atoms with van der Waals surface area (Å²) in [4.78, 5) is 18.7. The van der Waals surface area contributed by atoms with E-state index >= 15 is 0 Å². The van der Waals surface area contributed by atoms with E-state index in [0.29, 0.717) is 38.5 Å². The monoisotopic (exact) mass is 523 g/mol. The molecule has 196 valence electrons. The molecule has 1 aromatic heterocycles. The molecule has 0 unspecified atom stereocenters. The van der Waals surface area contributed by atoms with Crippen LogP contribution in [0.5, 0.6) is 5.75 Å². The third kappa shape index (κ3) is 5.08. The zero-order chi connectivity index (χ0) is 26.2. The van der Waals surface area contributed by atoms with Crippen molar-refractivity contribution in [1.82, 2.24) is 14.2 Å². The molecule has 3 aliphatic rings. The maximum absolute atomic E-state index is 13.3. The average Bonchev–Trinajstić information content (AvgIpc) is 3.77. The average molecular weight is 524 g/mol. The zero-order valence-electron chi connectivity index (χ0n) is 21.3. The molecule has 0 bridgehead atoms. The van der Waals surface area contributed by atoms with Crippen LogP contribution in [0, 0.1) is 0 Å². The van der Waals surface area contributed by atoms with Gasteiger partial charge in [-0.1, -0.05) is 38.1 Å². The van der Waals surface area contributed by atoms with Crippen molar-refractivity contribution in [2.24, 2.45) is 0 Å². The van der Waals surface area contributed by atoms with E-state index in [4.69, 9.17) is 4.74 Å². The fourth-order valence-electron chi connectivity index (χ4n) is 5.16. The lowest BCUT2D eigenvalue weighted by Crippen LogP contribution is -2.59. The molecule has 0 atom stereocenters. The Morgan fingerprint density at radius 3 is 2.35 bits per heavy atom. The lowest BCUT2D eigenvalue weighted by atomic mass is 9.90. The summed E-state index contributed by atoms with van der Waals surface area (Å²) in [7, 11) is -3.63. The van der Waals surface area contributed by atoms with E-state index in [0.717, 1.165) is 34.9 Å². The lowest BCUT2D eigenvalue weighted by molar-refractivity contribution is -0.170. The molecule has 1 spiro atoms. The van der Waals surface area contributed by atoms with Crippen LogP contribution in [0.25, 0.3) is 22.0 Å². The van der Waals surface area contributed by atoms with Crippen LogP contribution in [0.15, 0.2) is 59.6 Å². The summed E-state index contributed by atoms with van der Waals surface area (Å²) in [6.07, 6.45) is 4.68. The third-order valence-corrected chi connectivity index (χ3v) is 9.31. The van der Waals surface area contributed by atoms with Crippen molar-refractivity contribution in [2.75, 3.05) is 26.2 Å². The second-order valence-corrected chi connectivity index (χ2v) is 11.7. The smallest absolute Gasteiger partial charge is 0.248 e. The fraction of sp³-hybridized carbons (Fsp3) is 0.429. The quantitative estimate of drug-likeness (QED) is 0.551. The number of rotatable bonds is 4. The number of pyridine rings is 1. The van der Waals surface area contributed by atoms with Crippen LogP contribution in [-0.4, -0.2) is 71.5 Å². The number of hydrogen-bond donors (Lipinski definition) is 1. The number of benzene rings is 2. The number of aromatic hydroxyl groups is 1. The number of carbonyl (C=O) groups excluding carboxylic acids is 1. The molecule has 1 saturated carbocycles. The number of aromatic nitrogens is 1. The molecule has 8 nitrogen and oxygen atoms in total. The Bertz CT molecular complexity index is 1400. The second kappa shape index (κ2) is 10.0. The van der Waals surface area contributed by atoms with E-state index < -0.39 is 15.6 Å². The first-order valence-electron chi connectivity index (χ1n) is 13.0. The standard InChI is InChI=1S/C26H27N3O5S.C2H6/c30-22-13-20-2-1-19(14-24(20)27-15-22)18-3-7-23(8-4-18)35(32,33)28-11-9-26(10-12-28)17-29(21-5-6-21)25(31)16-34-26;1-2/h1-4,7-8,13-15,21,30H,5-6,9-12,16-17H2;1-2H3. The highest BCUT2D eigenvalue weighted by Crippen LogP contribution is 2.37. The molecule has 1 amide bonds. The number of sulfonamides is 1. The van der Waals surface area contributed by atoms with Crippen molar-refractivity contribution in [3.05, 3.63) is 54.7 Å². The maximum atomic E-state index is 13.3. The Balaban J connectivity index is 0.00000137. The number of morpholine rings is 1. The number of hydrogen-bond acceptors (Lipinski definition) is 6. The first kappa shape index (κ1) is 25.6. The number of carbonyl (C=O) groups is 1. The minimum atomic E-state index is -3.63. The summed E-state index contributed by atoms with van der Waals surface area (Å²) in [6, 6.07) is 14.6. The largest absolute Gasteiger partial charge is 0.506 e. The van der Waals surface area contributed by atoms with Gasteiger partial charge in [0.25, 0.3) is 0 Å². The number of amides is 1. The minimum Gasteiger partial charge on any atom is -0.506 e. The first-order chi connectivity index (χ1) is 17.8. The van der Waals surface area contributed by atoms with Crippen molar-refractivity contribution < 1.29 is 23.1 Å². The van der Waals surface area contributed by atoms with Gasteiger partial charge in [0.1, 0.15) is 12.4 Å². The summed E-state index contributed by atoms with van der Waals surface area (Å²) in [6.45, 7) is 5.41. The van der Waals surface area contributed by atoms with E-state index in [1.54, 1.807) is 18.2 Å². The molecular weight excluding hydrogens is 490 g/mol. The van der Waals surface area contributed by atoms with Crippen molar-refractivity contribution in [2.45, 2.75) is 56.1 Å². The van der Waals surface area contributed by atoms with Gasteiger partial charge in [-0.15, -0.1) is 0 Å². The SMILES string of the molecule is CC.O=C1COC2(CCN(S(=O)(=O)c3ccc(-c4ccc5cc(O)cnc5c4)cc3)CC2)CN1C1CC1. The Morgan fingerprint density at radius 2 is 1.68 bits per heavy atom. The molecule has 2 aliphatic heterocycles. The van der Waals surface area contributed by atoms with Crippen molar-refractivity contribution in [3.8, 4) is 16.9 Å². The van der Waals surface area contributed by atoms with E-state index in [2.05, 4.69) is 4.98 Å². The fourth-order valence-corrected chi connectivity index (χ4v) is 6.60. The Kier molecular flexibility index (Phi) is 6.95. The van der Waals surface area contributed by atoms with Gasteiger partial charge in [-0.05, 0) is 61.1 Å². The first-order valence-corrected chi connectivity index (χ1v) is 14.4. The van der Waals surface area contributed by atoms with Gasteiger partial charge in [0, 0.05) is 24.5 Å². The molecule has 37 heavy (non-hydrogen) atoms. The molecule has 0 radical (unpaired) electrons. The van der Waals surface area contributed by atoms with Gasteiger partial charge in [0.05, 0.1) is 28.8 Å². The number of piperidine rings is 1. The van der Waals surface area contributed by atoms with Gasteiger partial charge in [-0.2, -0.15) is 4.31 Å². The molecule has 1 N–H and O–H groups in total. The van der Waals surface area contributed by atoms with Gasteiger partial charge in [-0.25, -0.2) is 8.42 Å². The molecular formula is C28H33N3O5S. The third-order valence-electron chi connectivity index (χ3n) is 7.40. The van der Waals surface area contributed by atoms with Crippen LogP contribution >= 0.6 is 0 Å². The second-order valence-electron chi connectivity index (χ2n) is 9.75. The van der Waals surface area contributed by atoms with Crippen LogP contribution in [0.2, 0.25) is 0 Å². The predicted molar refractivity (Wildman–Crippen MR) is 142 cm³/mol. The van der Waals surface area contributed by atoms with Crippen molar-refractivity contribution >= 4 is 26.8 Å². The summed E-state index contributed by atoms with van der Waals surface area (Å²) < 4.78 is 34.2. The Morgan fingerprint density at radius 1 is 1.00 bits per heavy atom. The summed E-state index contributed by atoms with van der Waals surface area (Å²) in [5, 5.41) is 10.4. The van der Waals surface area contributed by atoms with Gasteiger partial charge >= 0.3 is 0 Å². The summed E-state index contributed by atoms with van der Waals surface area (Å²) >= 11 is 0. The molecule has 3 fully saturated rings. The topological polar surface area (TPSA) is 100 Å². The van der Waals surface area contributed by atoms with E-state index in [-0.39, 0.29) is 23.2 Å². The summed E-state index contributed by atoms with van der Waals surface area (Å²) in [5.74, 6) is 0.167. The maximum Gasteiger partial charge on any atom is 0.248 e. The van der Waals surface area contributed by atoms with E-state index in [9.17, 15) is 18.3 Å². The Labute approximate surface area is 217 Å². The van der Waals surface area contributed by atoms with Gasteiger partial charge < -0.3 is 14.7 Å². The highest BCUT2D eigenvalue weighted by atomic mass is 32.2. The molecule has 3 heterocycles.